The zero-order chi connectivity index (χ0) is 24.9. The molecule has 2 amide bonds. The summed E-state index contributed by atoms with van der Waals surface area (Å²) in [5.74, 6) is -2.29. The highest BCUT2D eigenvalue weighted by Crippen LogP contribution is 2.44. The van der Waals surface area contributed by atoms with E-state index in [0.29, 0.717) is 0 Å². The van der Waals surface area contributed by atoms with Crippen LogP contribution in [0, 0.1) is 0 Å². The number of carboxylic acid groups (broad SMARTS) is 1. The predicted octanol–water partition coefficient (Wildman–Crippen LogP) is 4.02. The van der Waals surface area contributed by atoms with Crippen molar-refractivity contribution in [2.75, 3.05) is 6.61 Å². The Morgan fingerprint density at radius 2 is 1.69 bits per heavy atom. The number of carbonyl (C=O) groups excluding carboxylic acids is 2. The first kappa shape index (κ1) is 24.3. The smallest absolute Gasteiger partial charge is 0.407 e. The molecule has 3 N–H and O–H groups in total. The van der Waals surface area contributed by atoms with E-state index in [0.717, 1.165) is 33.6 Å². The van der Waals surface area contributed by atoms with E-state index in [4.69, 9.17) is 9.84 Å². The fraction of sp³-hybridized carbons (Fsp3) is 0.250. The number of aromatic nitrogens is 1. The molecule has 1 aliphatic rings. The first-order valence-corrected chi connectivity index (χ1v) is 11.6. The number of amides is 2. The van der Waals surface area contributed by atoms with Gasteiger partial charge in [-0.3, -0.25) is 4.79 Å². The summed E-state index contributed by atoms with van der Waals surface area (Å²) in [6.45, 7) is -0.192. The van der Waals surface area contributed by atoms with Crippen molar-refractivity contribution in [1.29, 1.82) is 0 Å². The number of fused-ring (bicyclic) bond motifs is 3. The molecule has 1 heterocycles. The molecule has 1 atom stereocenters. The highest BCUT2D eigenvalue weighted by molar-refractivity contribution is 7.09. The van der Waals surface area contributed by atoms with Crippen molar-refractivity contribution in [1.82, 2.24) is 15.6 Å². The van der Waals surface area contributed by atoms with Crippen molar-refractivity contribution in [3.05, 3.63) is 75.7 Å². The SMILES string of the molecule is O=C(NC(CC(F)F)C(=O)NCc1nc(C(=O)O)cs1)OCC1c2ccccc2-c2ccccc21. The molecule has 8 nitrogen and oxygen atoms in total. The fourth-order valence-electron chi connectivity index (χ4n) is 3.97. The van der Waals surface area contributed by atoms with Crippen LogP contribution in [0.25, 0.3) is 11.1 Å². The van der Waals surface area contributed by atoms with Crippen LogP contribution in [0.5, 0.6) is 0 Å². The molecule has 0 saturated heterocycles. The van der Waals surface area contributed by atoms with E-state index in [-0.39, 0.29) is 29.8 Å². The number of alkyl carbamates (subject to hydrolysis) is 1. The summed E-state index contributed by atoms with van der Waals surface area (Å²) in [5, 5.41) is 15.1. The van der Waals surface area contributed by atoms with E-state index in [1.54, 1.807) is 0 Å². The minimum absolute atomic E-state index is 0.0278. The van der Waals surface area contributed by atoms with Crippen molar-refractivity contribution in [2.24, 2.45) is 0 Å². The summed E-state index contributed by atoms with van der Waals surface area (Å²) in [6.07, 6.45) is -4.75. The molecule has 0 aliphatic heterocycles. The number of hydrogen-bond acceptors (Lipinski definition) is 6. The standard InChI is InChI=1S/C24H21F2N3O5S/c25-20(26)9-18(22(30)27-10-21-28-19(12-35-21)23(31)32)29-24(33)34-11-17-15-7-3-1-5-13(15)14-6-2-4-8-16(14)17/h1-8,12,17-18,20H,9-11H2,(H,27,30)(H,29,33)(H,31,32). The lowest BCUT2D eigenvalue weighted by molar-refractivity contribution is -0.124. The van der Waals surface area contributed by atoms with Gasteiger partial charge in [0.1, 0.15) is 17.7 Å². The topological polar surface area (TPSA) is 118 Å². The van der Waals surface area contributed by atoms with Gasteiger partial charge >= 0.3 is 12.1 Å². The summed E-state index contributed by atoms with van der Waals surface area (Å²) < 4.78 is 31.5. The maximum absolute atomic E-state index is 13.1. The molecule has 0 saturated carbocycles. The number of ether oxygens (including phenoxy) is 1. The number of thiazole rings is 1. The van der Waals surface area contributed by atoms with Crippen LogP contribution in [0.4, 0.5) is 13.6 Å². The first-order valence-electron chi connectivity index (χ1n) is 10.7. The van der Waals surface area contributed by atoms with Gasteiger partial charge in [-0.2, -0.15) is 0 Å². The maximum Gasteiger partial charge on any atom is 0.407 e. The number of carbonyl (C=O) groups is 3. The molecular formula is C24H21F2N3O5S. The Balaban J connectivity index is 1.37. The summed E-state index contributed by atoms with van der Waals surface area (Å²) >= 11 is 1.00. The Hall–Kier alpha value is -3.86. The van der Waals surface area contributed by atoms with E-state index >= 15 is 0 Å². The maximum atomic E-state index is 13.1. The lowest BCUT2D eigenvalue weighted by Crippen LogP contribution is -2.47. The first-order chi connectivity index (χ1) is 16.8. The summed E-state index contributed by atoms with van der Waals surface area (Å²) in [7, 11) is 0. The van der Waals surface area contributed by atoms with Gasteiger partial charge in [0.05, 0.1) is 6.54 Å². The second kappa shape index (κ2) is 10.6. The molecule has 35 heavy (non-hydrogen) atoms. The lowest BCUT2D eigenvalue weighted by atomic mass is 9.98. The number of carboxylic acids is 1. The largest absolute Gasteiger partial charge is 0.476 e. The van der Waals surface area contributed by atoms with Crippen LogP contribution >= 0.6 is 11.3 Å². The molecule has 1 aromatic heterocycles. The number of nitrogens with one attached hydrogen (secondary N) is 2. The Morgan fingerprint density at radius 3 is 2.26 bits per heavy atom. The lowest BCUT2D eigenvalue weighted by Gasteiger charge is -2.19. The Kier molecular flexibility index (Phi) is 7.35. The van der Waals surface area contributed by atoms with Gasteiger partial charge in [0.25, 0.3) is 0 Å². The molecule has 4 rings (SSSR count). The van der Waals surface area contributed by atoms with Crippen LogP contribution < -0.4 is 10.6 Å². The van der Waals surface area contributed by atoms with Crippen LogP contribution in [0.15, 0.2) is 53.9 Å². The van der Waals surface area contributed by atoms with Gasteiger partial charge in [-0.1, -0.05) is 48.5 Å². The van der Waals surface area contributed by atoms with E-state index in [2.05, 4.69) is 15.6 Å². The number of halogens is 2. The van der Waals surface area contributed by atoms with Crippen LogP contribution in [0.1, 0.15) is 39.0 Å². The van der Waals surface area contributed by atoms with Crippen LogP contribution in [-0.4, -0.2) is 47.1 Å². The second-order valence-electron chi connectivity index (χ2n) is 7.80. The molecule has 0 spiro atoms. The number of aromatic carboxylic acids is 1. The van der Waals surface area contributed by atoms with Crippen molar-refractivity contribution in [3.63, 3.8) is 0 Å². The molecular weight excluding hydrogens is 480 g/mol. The third kappa shape index (κ3) is 5.62. The predicted molar refractivity (Wildman–Crippen MR) is 124 cm³/mol. The molecule has 0 fully saturated rings. The number of hydrogen-bond donors (Lipinski definition) is 3. The molecule has 2 aromatic carbocycles. The van der Waals surface area contributed by atoms with E-state index in [9.17, 15) is 23.2 Å². The number of alkyl halides is 2. The number of benzene rings is 2. The van der Waals surface area contributed by atoms with E-state index in [1.165, 1.54) is 5.38 Å². The van der Waals surface area contributed by atoms with E-state index < -0.39 is 36.9 Å². The molecule has 1 unspecified atom stereocenters. The van der Waals surface area contributed by atoms with Crippen LogP contribution in [0.3, 0.4) is 0 Å². The second-order valence-corrected chi connectivity index (χ2v) is 8.74. The quantitative estimate of drug-likeness (QED) is 0.408. The minimum atomic E-state index is -2.85. The zero-order valence-electron chi connectivity index (χ0n) is 18.2. The van der Waals surface area contributed by atoms with Crippen LogP contribution in [0.2, 0.25) is 0 Å². The van der Waals surface area contributed by atoms with Gasteiger partial charge in [-0.25, -0.2) is 23.4 Å². The molecule has 0 bridgehead atoms. The minimum Gasteiger partial charge on any atom is -0.476 e. The Labute approximate surface area is 203 Å². The van der Waals surface area contributed by atoms with Gasteiger partial charge in [0.2, 0.25) is 12.3 Å². The summed E-state index contributed by atoms with van der Waals surface area (Å²) in [4.78, 5) is 39.6. The molecule has 11 heteroatoms. The van der Waals surface area contributed by atoms with Crippen molar-refractivity contribution < 1.29 is 33.0 Å². The van der Waals surface area contributed by atoms with Gasteiger partial charge < -0.3 is 20.5 Å². The third-order valence-corrected chi connectivity index (χ3v) is 6.40. The summed E-state index contributed by atoms with van der Waals surface area (Å²) in [6, 6.07) is 14.0. The number of nitrogens with zero attached hydrogens (tertiary/aromatic N) is 1. The highest BCUT2D eigenvalue weighted by Gasteiger charge is 2.30. The van der Waals surface area contributed by atoms with Gasteiger partial charge in [-0.05, 0) is 22.3 Å². The Bertz CT molecular complexity index is 1200. The average Bonchev–Trinajstić information content (AvgIpc) is 3.44. The van der Waals surface area contributed by atoms with Gasteiger partial charge in [0, 0.05) is 17.7 Å². The van der Waals surface area contributed by atoms with Crippen molar-refractivity contribution in [3.8, 4) is 11.1 Å². The zero-order valence-corrected chi connectivity index (χ0v) is 19.1. The molecule has 182 valence electrons. The van der Waals surface area contributed by atoms with Crippen molar-refractivity contribution in [2.45, 2.75) is 31.4 Å². The van der Waals surface area contributed by atoms with Crippen LogP contribution in [-0.2, 0) is 16.1 Å². The normalized spacial score (nSPS) is 13.1. The Morgan fingerprint density at radius 1 is 1.06 bits per heavy atom. The van der Waals surface area contributed by atoms with Crippen molar-refractivity contribution >= 4 is 29.3 Å². The monoisotopic (exact) mass is 501 g/mol. The highest BCUT2D eigenvalue weighted by atomic mass is 32.1. The van der Waals surface area contributed by atoms with Gasteiger partial charge in [-0.15, -0.1) is 11.3 Å². The third-order valence-electron chi connectivity index (χ3n) is 5.55. The number of rotatable bonds is 9. The molecule has 0 radical (unpaired) electrons. The fourth-order valence-corrected chi connectivity index (χ4v) is 4.68. The van der Waals surface area contributed by atoms with Gasteiger partial charge in [0.15, 0.2) is 5.69 Å². The average molecular weight is 502 g/mol. The summed E-state index contributed by atoms with van der Waals surface area (Å²) in [5.41, 5.74) is 3.89. The van der Waals surface area contributed by atoms with E-state index in [1.807, 2.05) is 48.5 Å². The molecule has 1 aliphatic carbocycles. The molecule has 3 aromatic rings.